The number of fused-ring (bicyclic) bond motifs is 1. The van der Waals surface area contributed by atoms with Gasteiger partial charge in [-0.2, -0.15) is 0 Å². The third-order valence-electron chi connectivity index (χ3n) is 4.33. The number of carboxylic acid groups (broad SMARTS) is 1. The molecule has 1 fully saturated rings. The highest BCUT2D eigenvalue weighted by molar-refractivity contribution is 5.93. The van der Waals surface area contributed by atoms with E-state index in [1.54, 1.807) is 11.1 Å². The van der Waals surface area contributed by atoms with Gasteiger partial charge in [-0.05, 0) is 44.4 Å². The number of aryl methyl sites for hydroxylation is 1. The Morgan fingerprint density at radius 2 is 2.14 bits per heavy atom. The first-order valence-corrected chi connectivity index (χ1v) is 7.45. The van der Waals surface area contributed by atoms with Gasteiger partial charge in [0.15, 0.2) is 0 Å². The second-order valence-electron chi connectivity index (χ2n) is 6.01. The van der Waals surface area contributed by atoms with Crippen LogP contribution in [-0.4, -0.2) is 43.9 Å². The lowest BCUT2D eigenvalue weighted by Crippen LogP contribution is -2.47. The smallest absolute Gasteiger partial charge is 0.308 e. The maximum absolute atomic E-state index is 12.7. The standard InChI is InChI=1S/C16H19N3O3/c1-10-5-6-18-9-13(17-14(18)7-10)15(20)19-8-12(16(21)22)4-3-11(19)2/h5-7,9,11-12H,3-4,8H2,1-2H3,(H,21,22). The van der Waals surface area contributed by atoms with Crippen LogP contribution in [0.1, 0.15) is 35.8 Å². The van der Waals surface area contributed by atoms with E-state index in [-0.39, 0.29) is 18.5 Å². The monoisotopic (exact) mass is 301 g/mol. The molecule has 0 bridgehead atoms. The minimum Gasteiger partial charge on any atom is -0.481 e. The van der Waals surface area contributed by atoms with E-state index in [0.717, 1.165) is 11.2 Å². The van der Waals surface area contributed by atoms with Crippen LogP contribution in [0.3, 0.4) is 0 Å². The third-order valence-corrected chi connectivity index (χ3v) is 4.33. The van der Waals surface area contributed by atoms with Gasteiger partial charge < -0.3 is 14.4 Å². The van der Waals surface area contributed by atoms with E-state index in [1.807, 2.05) is 36.6 Å². The number of piperidine rings is 1. The number of likely N-dealkylation sites (tertiary alicyclic amines) is 1. The Bertz CT molecular complexity index is 737. The molecule has 1 amide bonds. The number of rotatable bonds is 2. The molecule has 3 rings (SSSR count). The maximum Gasteiger partial charge on any atom is 0.308 e. The number of nitrogens with zero attached hydrogens (tertiary/aromatic N) is 3. The van der Waals surface area contributed by atoms with Crippen LogP contribution >= 0.6 is 0 Å². The van der Waals surface area contributed by atoms with E-state index < -0.39 is 11.9 Å². The SMILES string of the molecule is Cc1ccn2cc(C(=O)N3CC(C(=O)O)CCC3C)nc2c1. The molecule has 0 aromatic carbocycles. The Morgan fingerprint density at radius 3 is 2.86 bits per heavy atom. The quantitative estimate of drug-likeness (QED) is 0.920. The Morgan fingerprint density at radius 1 is 1.36 bits per heavy atom. The van der Waals surface area contributed by atoms with E-state index >= 15 is 0 Å². The molecule has 0 radical (unpaired) electrons. The lowest BCUT2D eigenvalue weighted by molar-refractivity contribution is -0.143. The summed E-state index contributed by atoms with van der Waals surface area (Å²) in [7, 11) is 0. The lowest BCUT2D eigenvalue weighted by atomic mass is 9.93. The van der Waals surface area contributed by atoms with Crippen molar-refractivity contribution in [2.24, 2.45) is 5.92 Å². The average molecular weight is 301 g/mol. The molecule has 1 aliphatic rings. The highest BCUT2D eigenvalue weighted by Gasteiger charge is 2.33. The predicted molar refractivity (Wildman–Crippen MR) is 80.8 cm³/mol. The number of hydrogen-bond acceptors (Lipinski definition) is 3. The Hall–Kier alpha value is -2.37. The highest BCUT2D eigenvalue weighted by atomic mass is 16.4. The van der Waals surface area contributed by atoms with Gasteiger partial charge >= 0.3 is 5.97 Å². The second kappa shape index (κ2) is 5.44. The first kappa shape index (κ1) is 14.6. The van der Waals surface area contributed by atoms with E-state index in [4.69, 9.17) is 0 Å². The van der Waals surface area contributed by atoms with Crippen molar-refractivity contribution in [3.63, 3.8) is 0 Å². The van der Waals surface area contributed by atoms with Crippen molar-refractivity contribution in [2.45, 2.75) is 32.7 Å². The zero-order valence-corrected chi connectivity index (χ0v) is 12.7. The average Bonchev–Trinajstić information content (AvgIpc) is 2.89. The summed E-state index contributed by atoms with van der Waals surface area (Å²) < 4.78 is 1.81. The van der Waals surface area contributed by atoms with E-state index in [1.165, 1.54) is 0 Å². The number of hydrogen-bond donors (Lipinski definition) is 1. The fourth-order valence-corrected chi connectivity index (χ4v) is 2.93. The molecule has 22 heavy (non-hydrogen) atoms. The summed E-state index contributed by atoms with van der Waals surface area (Å²) in [5, 5.41) is 9.18. The molecule has 116 valence electrons. The number of pyridine rings is 1. The van der Waals surface area contributed by atoms with Crippen molar-refractivity contribution in [3.05, 3.63) is 35.8 Å². The van der Waals surface area contributed by atoms with Crippen molar-refractivity contribution in [2.75, 3.05) is 6.54 Å². The number of carbonyl (C=O) groups is 2. The van der Waals surface area contributed by atoms with Crippen LogP contribution in [0.4, 0.5) is 0 Å². The summed E-state index contributed by atoms with van der Waals surface area (Å²) in [6, 6.07) is 3.90. The molecule has 1 aliphatic heterocycles. The second-order valence-corrected chi connectivity index (χ2v) is 6.01. The maximum atomic E-state index is 12.7. The van der Waals surface area contributed by atoms with Gasteiger partial charge in [0.2, 0.25) is 0 Å². The topological polar surface area (TPSA) is 74.9 Å². The highest BCUT2D eigenvalue weighted by Crippen LogP contribution is 2.24. The van der Waals surface area contributed by atoms with Crippen molar-refractivity contribution >= 4 is 17.5 Å². The Balaban J connectivity index is 1.88. The van der Waals surface area contributed by atoms with Crippen LogP contribution in [-0.2, 0) is 4.79 Å². The van der Waals surface area contributed by atoms with Gasteiger partial charge in [0, 0.05) is 25.0 Å². The van der Waals surface area contributed by atoms with Gasteiger partial charge in [0.25, 0.3) is 5.91 Å². The van der Waals surface area contributed by atoms with Crippen molar-refractivity contribution < 1.29 is 14.7 Å². The first-order chi connectivity index (χ1) is 10.5. The molecule has 6 nitrogen and oxygen atoms in total. The molecule has 1 saturated heterocycles. The molecule has 3 heterocycles. The van der Waals surface area contributed by atoms with Crippen molar-refractivity contribution in [3.8, 4) is 0 Å². The number of imidazole rings is 1. The Labute approximate surface area is 128 Å². The summed E-state index contributed by atoms with van der Waals surface area (Å²) in [5.74, 6) is -1.52. The van der Waals surface area contributed by atoms with Crippen LogP contribution in [0.5, 0.6) is 0 Å². The van der Waals surface area contributed by atoms with E-state index in [2.05, 4.69) is 4.98 Å². The molecule has 0 aliphatic carbocycles. The zero-order valence-electron chi connectivity index (χ0n) is 12.7. The normalized spacial score (nSPS) is 22.0. The number of aliphatic carboxylic acids is 1. The van der Waals surface area contributed by atoms with Gasteiger partial charge in [-0.3, -0.25) is 9.59 Å². The molecule has 2 unspecified atom stereocenters. The van der Waals surface area contributed by atoms with Crippen LogP contribution in [0, 0.1) is 12.8 Å². The van der Waals surface area contributed by atoms with Crippen molar-refractivity contribution in [1.82, 2.24) is 14.3 Å². The first-order valence-electron chi connectivity index (χ1n) is 7.45. The molecule has 2 aromatic rings. The number of carbonyl (C=O) groups excluding carboxylic acids is 1. The van der Waals surface area contributed by atoms with Crippen LogP contribution in [0.15, 0.2) is 24.5 Å². The lowest BCUT2D eigenvalue weighted by Gasteiger charge is -2.36. The van der Waals surface area contributed by atoms with Gasteiger partial charge in [0.05, 0.1) is 5.92 Å². The molecule has 1 N–H and O–H groups in total. The minimum atomic E-state index is -0.838. The molecule has 0 spiro atoms. The summed E-state index contributed by atoms with van der Waals surface area (Å²) in [4.78, 5) is 29.9. The van der Waals surface area contributed by atoms with Crippen LogP contribution < -0.4 is 0 Å². The minimum absolute atomic E-state index is 0.0367. The van der Waals surface area contributed by atoms with Crippen LogP contribution in [0.2, 0.25) is 0 Å². The summed E-state index contributed by atoms with van der Waals surface area (Å²) in [5.41, 5.74) is 2.17. The molecule has 0 saturated carbocycles. The largest absolute Gasteiger partial charge is 0.481 e. The fraction of sp³-hybridized carbons (Fsp3) is 0.438. The van der Waals surface area contributed by atoms with Crippen LogP contribution in [0.25, 0.3) is 5.65 Å². The van der Waals surface area contributed by atoms with E-state index in [9.17, 15) is 14.7 Å². The summed E-state index contributed by atoms with van der Waals surface area (Å²) in [6.07, 6.45) is 4.89. The number of aromatic nitrogens is 2. The molecular weight excluding hydrogens is 282 g/mol. The van der Waals surface area contributed by atoms with Crippen molar-refractivity contribution in [1.29, 1.82) is 0 Å². The summed E-state index contributed by atoms with van der Waals surface area (Å²) in [6.45, 7) is 4.18. The van der Waals surface area contributed by atoms with Gasteiger partial charge in [0.1, 0.15) is 11.3 Å². The van der Waals surface area contributed by atoms with Gasteiger partial charge in [-0.25, -0.2) is 4.98 Å². The molecule has 2 atom stereocenters. The number of amides is 1. The molecular formula is C16H19N3O3. The zero-order chi connectivity index (χ0) is 15.9. The fourth-order valence-electron chi connectivity index (χ4n) is 2.93. The third kappa shape index (κ3) is 2.56. The molecule has 6 heteroatoms. The van der Waals surface area contributed by atoms with E-state index in [0.29, 0.717) is 18.5 Å². The molecule has 2 aromatic heterocycles. The number of carboxylic acids is 1. The Kier molecular flexibility index (Phi) is 3.60. The van der Waals surface area contributed by atoms with Gasteiger partial charge in [-0.15, -0.1) is 0 Å². The predicted octanol–water partition coefficient (Wildman–Crippen LogP) is 1.97. The van der Waals surface area contributed by atoms with Gasteiger partial charge in [-0.1, -0.05) is 0 Å². The summed E-state index contributed by atoms with van der Waals surface area (Å²) >= 11 is 0.